The minimum atomic E-state index is -1.69. The first-order valence-corrected chi connectivity index (χ1v) is 3.63. The number of aliphatic hydroxyl groups is 2. The molecule has 0 bridgehead atoms. The van der Waals surface area contributed by atoms with Crippen LogP contribution >= 0.6 is 0 Å². The highest BCUT2D eigenvalue weighted by molar-refractivity contribution is 5.17. The van der Waals surface area contributed by atoms with Crippen LogP contribution in [0.15, 0.2) is 12.3 Å². The molecule has 4 nitrogen and oxygen atoms in total. The second-order valence-corrected chi connectivity index (χ2v) is 2.56. The van der Waals surface area contributed by atoms with Crippen LogP contribution in [0.3, 0.4) is 0 Å². The Morgan fingerprint density at radius 1 is 1.43 bits per heavy atom. The minimum Gasteiger partial charge on any atom is -0.384 e. The van der Waals surface area contributed by atoms with E-state index in [4.69, 9.17) is 10.4 Å². The van der Waals surface area contributed by atoms with Gasteiger partial charge in [-0.15, -0.1) is 0 Å². The molecule has 1 aromatic heterocycles. The normalized spacial score (nSPS) is 14.5. The number of hydrogen-bond acceptors (Lipinski definition) is 4. The molecule has 0 aliphatic carbocycles. The first-order valence-electron chi connectivity index (χ1n) is 3.63. The van der Waals surface area contributed by atoms with Crippen LogP contribution in [-0.2, 0) is 0 Å². The first-order chi connectivity index (χ1) is 6.56. The van der Waals surface area contributed by atoms with E-state index in [1.165, 1.54) is 6.07 Å². The Labute approximate surface area is 78.1 Å². The van der Waals surface area contributed by atoms with Gasteiger partial charge in [-0.1, -0.05) is 0 Å². The van der Waals surface area contributed by atoms with E-state index in [2.05, 4.69) is 4.98 Å². The summed E-state index contributed by atoms with van der Waals surface area (Å²) in [6, 6.07) is 2.03. The second kappa shape index (κ2) is 4.09. The SMILES string of the molecule is N#CC(O)C(O)c1cnc(F)c(F)c1. The van der Waals surface area contributed by atoms with Crippen molar-refractivity contribution < 1.29 is 19.0 Å². The van der Waals surface area contributed by atoms with Gasteiger partial charge in [0, 0.05) is 11.8 Å². The number of nitriles is 1. The lowest BCUT2D eigenvalue weighted by Crippen LogP contribution is -2.16. The predicted molar refractivity (Wildman–Crippen MR) is 40.7 cm³/mol. The van der Waals surface area contributed by atoms with Crippen molar-refractivity contribution in [3.8, 4) is 6.07 Å². The lowest BCUT2D eigenvalue weighted by molar-refractivity contribution is 0.0522. The molecule has 1 heterocycles. The summed E-state index contributed by atoms with van der Waals surface area (Å²) in [5, 5.41) is 26.3. The van der Waals surface area contributed by atoms with Crippen LogP contribution in [0.1, 0.15) is 11.7 Å². The molecular weight excluding hydrogens is 194 g/mol. The number of rotatable bonds is 2. The zero-order valence-electron chi connectivity index (χ0n) is 6.85. The monoisotopic (exact) mass is 200 g/mol. The van der Waals surface area contributed by atoms with E-state index < -0.39 is 24.0 Å². The highest BCUT2D eigenvalue weighted by Crippen LogP contribution is 2.17. The fourth-order valence-electron chi connectivity index (χ4n) is 0.851. The van der Waals surface area contributed by atoms with Gasteiger partial charge >= 0.3 is 0 Å². The van der Waals surface area contributed by atoms with Crippen molar-refractivity contribution in [2.75, 3.05) is 0 Å². The second-order valence-electron chi connectivity index (χ2n) is 2.56. The first kappa shape index (κ1) is 10.5. The molecule has 0 aliphatic rings. The van der Waals surface area contributed by atoms with Gasteiger partial charge in [0.1, 0.15) is 6.10 Å². The van der Waals surface area contributed by atoms with E-state index in [0.717, 1.165) is 6.20 Å². The molecule has 0 fully saturated rings. The molecule has 0 saturated carbocycles. The topological polar surface area (TPSA) is 77.1 Å². The van der Waals surface area contributed by atoms with Crippen molar-refractivity contribution in [1.82, 2.24) is 4.98 Å². The van der Waals surface area contributed by atoms with E-state index in [0.29, 0.717) is 6.07 Å². The zero-order chi connectivity index (χ0) is 10.7. The van der Waals surface area contributed by atoms with Gasteiger partial charge in [0.25, 0.3) is 0 Å². The molecule has 0 aromatic carbocycles. The third-order valence-corrected chi connectivity index (χ3v) is 1.59. The number of pyridine rings is 1. The van der Waals surface area contributed by atoms with Gasteiger partial charge in [-0.05, 0) is 6.07 Å². The summed E-state index contributed by atoms with van der Waals surface area (Å²) >= 11 is 0. The van der Waals surface area contributed by atoms with Crippen molar-refractivity contribution >= 4 is 0 Å². The molecule has 0 amide bonds. The van der Waals surface area contributed by atoms with Crippen LogP contribution in [0.25, 0.3) is 0 Å². The van der Waals surface area contributed by atoms with Gasteiger partial charge in [0.2, 0.25) is 5.95 Å². The van der Waals surface area contributed by atoms with Crippen LogP contribution in [0.4, 0.5) is 8.78 Å². The van der Waals surface area contributed by atoms with Crippen molar-refractivity contribution in [3.63, 3.8) is 0 Å². The lowest BCUT2D eigenvalue weighted by atomic mass is 10.1. The average molecular weight is 200 g/mol. The van der Waals surface area contributed by atoms with Gasteiger partial charge in [-0.3, -0.25) is 0 Å². The molecule has 2 N–H and O–H groups in total. The summed E-state index contributed by atoms with van der Waals surface area (Å²) in [5.74, 6) is -2.54. The molecule has 2 atom stereocenters. The van der Waals surface area contributed by atoms with Crippen LogP contribution in [-0.4, -0.2) is 21.3 Å². The molecule has 6 heteroatoms. The highest BCUT2D eigenvalue weighted by atomic mass is 19.2. The third-order valence-electron chi connectivity index (χ3n) is 1.59. The molecule has 1 rings (SSSR count). The summed E-state index contributed by atoms with van der Waals surface area (Å²) in [4.78, 5) is 2.99. The quantitative estimate of drug-likeness (QED) is 0.531. The minimum absolute atomic E-state index is 0.155. The van der Waals surface area contributed by atoms with Gasteiger partial charge in [-0.2, -0.15) is 9.65 Å². The Balaban J connectivity index is 2.98. The fourth-order valence-corrected chi connectivity index (χ4v) is 0.851. The standard InChI is InChI=1S/C8H6F2N2O2/c9-5-1-4(3-12-8(5)10)7(14)6(13)2-11/h1,3,6-7,13-14H. The van der Waals surface area contributed by atoms with E-state index >= 15 is 0 Å². The number of halogens is 2. The van der Waals surface area contributed by atoms with Gasteiger partial charge in [0.15, 0.2) is 11.9 Å². The maximum atomic E-state index is 12.6. The molecule has 2 unspecified atom stereocenters. The average Bonchev–Trinajstić information content (AvgIpc) is 2.20. The molecule has 1 aromatic rings. The maximum Gasteiger partial charge on any atom is 0.248 e. The Hall–Kier alpha value is -1.58. The molecule has 74 valence electrons. The molecule has 0 spiro atoms. The van der Waals surface area contributed by atoms with Gasteiger partial charge in [0.05, 0.1) is 6.07 Å². The van der Waals surface area contributed by atoms with Gasteiger partial charge in [-0.25, -0.2) is 9.37 Å². The smallest absolute Gasteiger partial charge is 0.248 e. The van der Waals surface area contributed by atoms with Crippen molar-refractivity contribution in [1.29, 1.82) is 5.26 Å². The van der Waals surface area contributed by atoms with Crippen LogP contribution < -0.4 is 0 Å². The zero-order valence-corrected chi connectivity index (χ0v) is 6.85. The Morgan fingerprint density at radius 2 is 2.07 bits per heavy atom. The van der Waals surface area contributed by atoms with E-state index in [1.807, 2.05) is 0 Å². The van der Waals surface area contributed by atoms with Crippen molar-refractivity contribution in [2.45, 2.75) is 12.2 Å². The molecule has 0 radical (unpaired) electrons. The van der Waals surface area contributed by atoms with Crippen LogP contribution in [0.2, 0.25) is 0 Å². The summed E-state index contributed by atoms with van der Waals surface area (Å²) in [5.41, 5.74) is -0.155. The number of aliphatic hydroxyl groups excluding tert-OH is 2. The third kappa shape index (κ3) is 2.02. The maximum absolute atomic E-state index is 12.6. The summed E-state index contributed by atoms with van der Waals surface area (Å²) in [7, 11) is 0. The summed E-state index contributed by atoms with van der Waals surface area (Å²) in [6.45, 7) is 0. The number of hydrogen-bond donors (Lipinski definition) is 2. The lowest BCUT2D eigenvalue weighted by Gasteiger charge is -2.10. The van der Waals surface area contributed by atoms with Crippen molar-refractivity contribution in [3.05, 3.63) is 29.6 Å². The number of nitrogens with zero attached hydrogens (tertiary/aromatic N) is 2. The summed E-state index contributed by atoms with van der Waals surface area (Å²) in [6.07, 6.45) is -2.44. The fraction of sp³-hybridized carbons (Fsp3) is 0.250. The highest BCUT2D eigenvalue weighted by Gasteiger charge is 2.19. The Kier molecular flexibility index (Phi) is 3.06. The van der Waals surface area contributed by atoms with Crippen LogP contribution in [0.5, 0.6) is 0 Å². The van der Waals surface area contributed by atoms with Gasteiger partial charge < -0.3 is 10.2 Å². The number of aromatic nitrogens is 1. The van der Waals surface area contributed by atoms with E-state index in [-0.39, 0.29) is 5.56 Å². The largest absolute Gasteiger partial charge is 0.384 e. The van der Waals surface area contributed by atoms with E-state index in [9.17, 15) is 13.9 Å². The molecular formula is C8H6F2N2O2. The van der Waals surface area contributed by atoms with Crippen molar-refractivity contribution in [2.24, 2.45) is 0 Å². The molecule has 14 heavy (non-hydrogen) atoms. The Bertz CT molecular complexity index is 378. The summed E-state index contributed by atoms with van der Waals surface area (Å²) < 4.78 is 24.9. The molecule has 0 aliphatic heterocycles. The Morgan fingerprint density at radius 3 is 2.57 bits per heavy atom. The van der Waals surface area contributed by atoms with Crippen LogP contribution in [0, 0.1) is 23.1 Å². The van der Waals surface area contributed by atoms with E-state index in [1.54, 1.807) is 0 Å². The molecule has 0 saturated heterocycles. The predicted octanol–water partition coefficient (Wildman–Crippen LogP) is 0.278.